The molecule has 0 radical (unpaired) electrons. The van der Waals surface area contributed by atoms with Gasteiger partial charge in [-0.1, -0.05) is 22.0 Å². The summed E-state index contributed by atoms with van der Waals surface area (Å²) in [6.07, 6.45) is -4.93. The van der Waals surface area contributed by atoms with E-state index in [0.717, 1.165) is 12.1 Å². The van der Waals surface area contributed by atoms with Gasteiger partial charge in [0.25, 0.3) is 0 Å². The molecule has 0 aliphatic rings. The summed E-state index contributed by atoms with van der Waals surface area (Å²) in [7, 11) is 0. The molecule has 0 saturated carbocycles. The van der Waals surface area contributed by atoms with Crippen molar-refractivity contribution in [2.45, 2.75) is 25.0 Å². The van der Waals surface area contributed by atoms with Crippen LogP contribution < -0.4 is 4.74 Å². The van der Waals surface area contributed by atoms with E-state index in [-0.39, 0.29) is 12.4 Å². The average molecular weight is 369 g/mol. The van der Waals surface area contributed by atoms with Crippen LogP contribution in [0.5, 0.6) is 5.75 Å². The van der Waals surface area contributed by atoms with Crippen molar-refractivity contribution >= 4 is 27.7 Å². The molecule has 0 fully saturated rings. The first-order chi connectivity index (χ1) is 9.65. The molecule has 0 heterocycles. The zero-order valence-corrected chi connectivity index (χ0v) is 12.7. The quantitative estimate of drug-likeness (QED) is 0.586. The maximum Gasteiger partial charge on any atom is 0.573 e. The minimum Gasteiger partial charge on any atom is -0.462 e. The summed E-state index contributed by atoms with van der Waals surface area (Å²) in [5.41, 5.74) is -0.0579. The van der Waals surface area contributed by atoms with Gasteiger partial charge in [-0.25, -0.2) is 4.79 Å². The molecule has 8 heteroatoms. The second-order valence-electron chi connectivity index (χ2n) is 4.00. The van der Waals surface area contributed by atoms with Crippen LogP contribution in [0.3, 0.4) is 0 Å². The monoisotopic (exact) mass is 368 g/mol. The first-order valence-electron chi connectivity index (χ1n) is 5.87. The molecule has 1 unspecified atom stereocenters. The van der Waals surface area contributed by atoms with Crippen molar-refractivity contribution < 1.29 is 32.2 Å². The number of benzene rings is 1. The number of esters is 1. The third-order valence-corrected chi connectivity index (χ3v) is 3.55. The predicted molar refractivity (Wildman–Crippen MR) is 71.4 cm³/mol. The molecule has 0 aromatic heterocycles. The molecule has 1 atom stereocenters. The Kier molecular flexibility index (Phi) is 5.77. The van der Waals surface area contributed by atoms with E-state index in [1.54, 1.807) is 0 Å². The number of ether oxygens (including phenoxy) is 2. The van der Waals surface area contributed by atoms with Crippen molar-refractivity contribution in [1.29, 1.82) is 0 Å². The van der Waals surface area contributed by atoms with Gasteiger partial charge in [0.1, 0.15) is 17.1 Å². The number of carbonyl (C=O) groups is 2. The van der Waals surface area contributed by atoms with Crippen LogP contribution in [0.4, 0.5) is 13.2 Å². The molecule has 21 heavy (non-hydrogen) atoms. The zero-order valence-electron chi connectivity index (χ0n) is 11.2. The highest BCUT2D eigenvalue weighted by atomic mass is 79.9. The average Bonchev–Trinajstić information content (AvgIpc) is 2.36. The van der Waals surface area contributed by atoms with Gasteiger partial charge >= 0.3 is 12.3 Å². The fraction of sp³-hybridized carbons (Fsp3) is 0.385. The van der Waals surface area contributed by atoms with Crippen molar-refractivity contribution in [3.63, 3.8) is 0 Å². The van der Waals surface area contributed by atoms with Gasteiger partial charge in [0.15, 0.2) is 0 Å². The Morgan fingerprint density at radius 1 is 1.33 bits per heavy atom. The zero-order chi connectivity index (χ0) is 16.2. The van der Waals surface area contributed by atoms with Gasteiger partial charge in [-0.3, -0.25) is 4.79 Å². The van der Waals surface area contributed by atoms with Crippen molar-refractivity contribution in [1.82, 2.24) is 0 Å². The standard InChI is InChI=1S/C13H12BrF3O4/c1-3-20-12(19)9-6-8(11(14)7(2)18)4-5-10(9)21-13(15,16)17/h4-6,11H,3H2,1-2H3. The lowest BCUT2D eigenvalue weighted by atomic mass is 10.1. The lowest BCUT2D eigenvalue weighted by molar-refractivity contribution is -0.274. The Hall–Kier alpha value is -1.57. The number of carbonyl (C=O) groups excluding carboxylic acids is 2. The number of rotatable bonds is 5. The lowest BCUT2D eigenvalue weighted by Gasteiger charge is -2.15. The minimum atomic E-state index is -4.93. The van der Waals surface area contributed by atoms with E-state index < -0.39 is 28.5 Å². The van der Waals surface area contributed by atoms with E-state index in [1.807, 2.05) is 0 Å². The van der Waals surface area contributed by atoms with E-state index in [9.17, 15) is 22.8 Å². The maximum absolute atomic E-state index is 12.3. The Bertz CT molecular complexity index is 543. The molecule has 0 aliphatic carbocycles. The molecule has 1 aromatic rings. The molecule has 0 saturated heterocycles. The maximum atomic E-state index is 12.3. The molecule has 0 bridgehead atoms. The summed E-state index contributed by atoms with van der Waals surface area (Å²) in [6, 6.07) is 3.39. The van der Waals surface area contributed by atoms with Crippen LogP contribution in [-0.2, 0) is 9.53 Å². The predicted octanol–water partition coefficient (Wildman–Crippen LogP) is 3.79. The van der Waals surface area contributed by atoms with Crippen LogP contribution in [0.25, 0.3) is 0 Å². The number of hydrogen-bond acceptors (Lipinski definition) is 4. The molecule has 0 amide bonds. The Labute approximate surface area is 127 Å². The molecule has 4 nitrogen and oxygen atoms in total. The summed E-state index contributed by atoms with van der Waals surface area (Å²) in [5.74, 6) is -1.89. The molecule has 116 valence electrons. The van der Waals surface area contributed by atoms with E-state index in [1.165, 1.54) is 19.9 Å². The van der Waals surface area contributed by atoms with Gasteiger partial charge < -0.3 is 9.47 Å². The topological polar surface area (TPSA) is 52.6 Å². The Morgan fingerprint density at radius 2 is 1.95 bits per heavy atom. The van der Waals surface area contributed by atoms with E-state index >= 15 is 0 Å². The van der Waals surface area contributed by atoms with Gasteiger partial charge in [-0.05, 0) is 31.5 Å². The van der Waals surface area contributed by atoms with Crippen LogP contribution in [0.1, 0.15) is 34.6 Å². The van der Waals surface area contributed by atoms with Crippen LogP contribution in [0.15, 0.2) is 18.2 Å². The van der Waals surface area contributed by atoms with Gasteiger partial charge in [0.05, 0.1) is 11.4 Å². The summed E-state index contributed by atoms with van der Waals surface area (Å²) in [5, 5.41) is 0. The van der Waals surface area contributed by atoms with E-state index in [4.69, 9.17) is 4.74 Å². The normalized spacial score (nSPS) is 12.7. The van der Waals surface area contributed by atoms with E-state index in [2.05, 4.69) is 20.7 Å². The van der Waals surface area contributed by atoms with Crippen molar-refractivity contribution in [2.75, 3.05) is 6.61 Å². The van der Waals surface area contributed by atoms with Crippen LogP contribution in [0, 0.1) is 0 Å². The third-order valence-electron chi connectivity index (χ3n) is 2.37. The summed E-state index contributed by atoms with van der Waals surface area (Å²) in [6.45, 7) is 2.83. The largest absolute Gasteiger partial charge is 0.573 e. The number of halogens is 4. The molecular formula is C13H12BrF3O4. The molecule has 0 aliphatic heterocycles. The van der Waals surface area contributed by atoms with Crippen molar-refractivity contribution in [2.24, 2.45) is 0 Å². The van der Waals surface area contributed by atoms with E-state index in [0.29, 0.717) is 5.56 Å². The smallest absolute Gasteiger partial charge is 0.462 e. The van der Waals surface area contributed by atoms with Gasteiger partial charge in [-0.15, -0.1) is 13.2 Å². The highest BCUT2D eigenvalue weighted by molar-refractivity contribution is 9.09. The van der Waals surface area contributed by atoms with Crippen molar-refractivity contribution in [3.8, 4) is 5.75 Å². The summed E-state index contributed by atoms with van der Waals surface area (Å²) >= 11 is 3.09. The second-order valence-corrected chi connectivity index (χ2v) is 4.91. The van der Waals surface area contributed by atoms with Crippen molar-refractivity contribution in [3.05, 3.63) is 29.3 Å². The third kappa shape index (κ3) is 5.04. The molecule has 0 spiro atoms. The summed E-state index contributed by atoms with van der Waals surface area (Å²) < 4.78 is 45.4. The lowest BCUT2D eigenvalue weighted by Crippen LogP contribution is -2.20. The van der Waals surface area contributed by atoms with Crippen LogP contribution >= 0.6 is 15.9 Å². The molecule has 0 N–H and O–H groups in total. The fourth-order valence-electron chi connectivity index (χ4n) is 1.52. The highest BCUT2D eigenvalue weighted by Gasteiger charge is 2.33. The SMILES string of the molecule is CCOC(=O)c1cc(C(Br)C(C)=O)ccc1OC(F)(F)F. The molecular weight excluding hydrogens is 357 g/mol. The first kappa shape index (κ1) is 17.5. The van der Waals surface area contributed by atoms with Crippen LogP contribution in [-0.4, -0.2) is 24.7 Å². The number of ketones is 1. The second kappa shape index (κ2) is 6.93. The highest BCUT2D eigenvalue weighted by Crippen LogP contribution is 2.32. The molecule has 1 rings (SSSR count). The summed E-state index contributed by atoms with van der Waals surface area (Å²) in [4.78, 5) is 22.3. The Morgan fingerprint density at radius 3 is 2.43 bits per heavy atom. The number of alkyl halides is 4. The number of Topliss-reactive ketones (excluding diaryl/α,β-unsaturated/α-hetero) is 1. The van der Waals surface area contributed by atoms with Gasteiger partial charge in [0, 0.05) is 0 Å². The van der Waals surface area contributed by atoms with Gasteiger partial charge in [-0.2, -0.15) is 0 Å². The number of hydrogen-bond donors (Lipinski definition) is 0. The molecule has 1 aromatic carbocycles. The minimum absolute atomic E-state index is 0.00102. The Balaban J connectivity index is 3.26. The van der Waals surface area contributed by atoms with Crippen LogP contribution in [0.2, 0.25) is 0 Å². The fourth-order valence-corrected chi connectivity index (χ4v) is 1.81. The first-order valence-corrected chi connectivity index (χ1v) is 6.78. The van der Waals surface area contributed by atoms with Gasteiger partial charge in [0.2, 0.25) is 0 Å².